The average Bonchev–Trinajstić information content (AvgIpc) is 2.48. The van der Waals surface area contributed by atoms with Gasteiger partial charge in [-0.3, -0.25) is 5.32 Å². The summed E-state index contributed by atoms with van der Waals surface area (Å²) in [6, 6.07) is 12.4. The van der Waals surface area contributed by atoms with Crippen LogP contribution < -0.4 is 5.32 Å². The van der Waals surface area contributed by atoms with Gasteiger partial charge in [0.25, 0.3) is 0 Å². The molecule has 0 bridgehead atoms. The van der Waals surface area contributed by atoms with Crippen molar-refractivity contribution in [2.75, 3.05) is 27.2 Å². The average molecular weight is 259 g/mol. The summed E-state index contributed by atoms with van der Waals surface area (Å²) in [6.07, 6.45) is 3.21. The van der Waals surface area contributed by atoms with Crippen molar-refractivity contribution >= 4 is 0 Å². The summed E-state index contributed by atoms with van der Waals surface area (Å²) >= 11 is 0. The second-order valence-electron chi connectivity index (χ2n) is 5.04. The van der Waals surface area contributed by atoms with E-state index in [-0.39, 0.29) is 0 Å². The first-order chi connectivity index (χ1) is 9.18. The zero-order chi connectivity index (χ0) is 14.1. The molecule has 1 N–H and O–H groups in total. The number of nitrogens with zero attached hydrogens (tertiary/aromatic N) is 2. The van der Waals surface area contributed by atoms with Crippen molar-refractivity contribution in [3.05, 3.63) is 35.9 Å². The van der Waals surface area contributed by atoms with Crippen LogP contribution >= 0.6 is 0 Å². The molecule has 19 heavy (non-hydrogen) atoms. The highest BCUT2D eigenvalue weighted by molar-refractivity contribution is 5.31. The Morgan fingerprint density at radius 3 is 2.47 bits per heavy atom. The van der Waals surface area contributed by atoms with Gasteiger partial charge < -0.3 is 4.90 Å². The molecular weight excluding hydrogens is 234 g/mol. The Hall–Kier alpha value is -1.37. The highest BCUT2D eigenvalue weighted by Crippen LogP contribution is 2.24. The molecular formula is C16H25N3. The standard InChI is InChI=1S/C16H25N3/c1-4-5-12-19(3)13-11-16(14-17,18-2)15-9-7-6-8-10-15/h6-10,18H,4-5,11-13H2,1-3H3. The van der Waals surface area contributed by atoms with E-state index in [9.17, 15) is 5.26 Å². The van der Waals surface area contributed by atoms with Gasteiger partial charge in [-0.05, 0) is 39.0 Å². The topological polar surface area (TPSA) is 39.1 Å². The van der Waals surface area contributed by atoms with E-state index in [1.807, 2.05) is 37.4 Å². The number of unbranched alkanes of at least 4 members (excludes halogenated alkanes) is 1. The second kappa shape index (κ2) is 7.93. The lowest BCUT2D eigenvalue weighted by Crippen LogP contribution is -2.41. The molecule has 1 unspecified atom stereocenters. The second-order valence-corrected chi connectivity index (χ2v) is 5.04. The Bertz CT molecular complexity index is 396. The summed E-state index contributed by atoms with van der Waals surface area (Å²) < 4.78 is 0. The Balaban J connectivity index is 2.71. The number of hydrogen-bond donors (Lipinski definition) is 1. The van der Waals surface area contributed by atoms with E-state index in [2.05, 4.69) is 30.3 Å². The van der Waals surface area contributed by atoms with Crippen molar-refractivity contribution in [2.24, 2.45) is 0 Å². The maximum atomic E-state index is 9.59. The van der Waals surface area contributed by atoms with Crippen molar-refractivity contribution in [2.45, 2.75) is 31.7 Å². The van der Waals surface area contributed by atoms with Crippen LogP contribution in [0.25, 0.3) is 0 Å². The quantitative estimate of drug-likeness (QED) is 0.780. The lowest BCUT2D eigenvalue weighted by molar-refractivity contribution is 0.283. The first-order valence-electron chi connectivity index (χ1n) is 7.02. The van der Waals surface area contributed by atoms with Crippen LogP contribution in [-0.2, 0) is 5.54 Å². The molecule has 3 heteroatoms. The molecule has 0 heterocycles. The molecule has 0 saturated heterocycles. The fourth-order valence-electron chi connectivity index (χ4n) is 2.21. The van der Waals surface area contributed by atoms with Crippen LogP contribution in [0, 0.1) is 11.3 Å². The minimum atomic E-state index is -0.582. The van der Waals surface area contributed by atoms with Crippen LogP contribution in [-0.4, -0.2) is 32.1 Å². The van der Waals surface area contributed by atoms with Gasteiger partial charge in [0, 0.05) is 6.54 Å². The summed E-state index contributed by atoms with van der Waals surface area (Å²) in [4.78, 5) is 2.30. The zero-order valence-electron chi connectivity index (χ0n) is 12.3. The van der Waals surface area contributed by atoms with Gasteiger partial charge in [-0.1, -0.05) is 43.7 Å². The van der Waals surface area contributed by atoms with E-state index < -0.39 is 5.54 Å². The summed E-state index contributed by atoms with van der Waals surface area (Å²) in [5, 5.41) is 12.8. The molecule has 1 rings (SSSR count). The van der Waals surface area contributed by atoms with Crippen molar-refractivity contribution in [3.8, 4) is 6.07 Å². The van der Waals surface area contributed by atoms with Crippen LogP contribution in [0.2, 0.25) is 0 Å². The zero-order valence-corrected chi connectivity index (χ0v) is 12.3. The summed E-state index contributed by atoms with van der Waals surface area (Å²) in [5.41, 5.74) is 0.464. The third-order valence-corrected chi connectivity index (χ3v) is 3.65. The van der Waals surface area contributed by atoms with Gasteiger partial charge in [0.15, 0.2) is 0 Å². The van der Waals surface area contributed by atoms with Crippen LogP contribution in [0.15, 0.2) is 30.3 Å². The molecule has 0 amide bonds. The fourth-order valence-corrected chi connectivity index (χ4v) is 2.21. The maximum absolute atomic E-state index is 9.59. The van der Waals surface area contributed by atoms with Crippen LogP contribution in [0.4, 0.5) is 0 Å². The Kier molecular flexibility index (Phi) is 6.55. The maximum Gasteiger partial charge on any atom is 0.133 e. The van der Waals surface area contributed by atoms with E-state index in [1.54, 1.807) is 0 Å². The third-order valence-electron chi connectivity index (χ3n) is 3.65. The van der Waals surface area contributed by atoms with Crippen LogP contribution in [0.5, 0.6) is 0 Å². The smallest absolute Gasteiger partial charge is 0.133 e. The van der Waals surface area contributed by atoms with Crippen molar-refractivity contribution in [1.29, 1.82) is 5.26 Å². The summed E-state index contributed by atoms with van der Waals surface area (Å²) in [5.74, 6) is 0. The molecule has 3 nitrogen and oxygen atoms in total. The lowest BCUT2D eigenvalue weighted by Gasteiger charge is -2.29. The highest BCUT2D eigenvalue weighted by Gasteiger charge is 2.30. The van der Waals surface area contributed by atoms with E-state index >= 15 is 0 Å². The molecule has 1 aromatic carbocycles. The number of benzene rings is 1. The molecule has 0 aliphatic carbocycles. The number of hydrogen-bond acceptors (Lipinski definition) is 3. The summed E-state index contributed by atoms with van der Waals surface area (Å²) in [7, 11) is 3.99. The molecule has 1 atom stereocenters. The van der Waals surface area contributed by atoms with Crippen molar-refractivity contribution in [3.63, 3.8) is 0 Å². The van der Waals surface area contributed by atoms with Gasteiger partial charge in [0.05, 0.1) is 6.07 Å². The predicted octanol–water partition coefficient (Wildman–Crippen LogP) is 2.75. The Morgan fingerprint density at radius 2 is 1.95 bits per heavy atom. The minimum Gasteiger partial charge on any atom is -0.306 e. The third kappa shape index (κ3) is 4.34. The molecule has 0 aromatic heterocycles. The first-order valence-corrected chi connectivity index (χ1v) is 7.02. The van der Waals surface area contributed by atoms with Gasteiger partial charge in [-0.25, -0.2) is 0 Å². The largest absolute Gasteiger partial charge is 0.306 e. The van der Waals surface area contributed by atoms with Crippen molar-refractivity contribution in [1.82, 2.24) is 10.2 Å². The molecule has 0 aliphatic heterocycles. The van der Waals surface area contributed by atoms with Gasteiger partial charge in [-0.15, -0.1) is 0 Å². The molecule has 0 fully saturated rings. The van der Waals surface area contributed by atoms with E-state index in [0.717, 1.165) is 25.1 Å². The lowest BCUT2D eigenvalue weighted by atomic mass is 9.88. The van der Waals surface area contributed by atoms with Gasteiger partial charge in [0.2, 0.25) is 0 Å². The molecule has 0 spiro atoms. The molecule has 104 valence electrons. The fraction of sp³-hybridized carbons (Fsp3) is 0.562. The van der Waals surface area contributed by atoms with Crippen LogP contribution in [0.3, 0.4) is 0 Å². The SMILES string of the molecule is CCCCN(C)CCC(C#N)(NC)c1ccccc1. The monoisotopic (exact) mass is 259 g/mol. The first kappa shape index (κ1) is 15.7. The summed E-state index contributed by atoms with van der Waals surface area (Å²) in [6.45, 7) is 4.21. The molecule has 0 saturated carbocycles. The van der Waals surface area contributed by atoms with E-state index in [0.29, 0.717) is 0 Å². The Labute approximate surface area is 117 Å². The van der Waals surface area contributed by atoms with E-state index in [1.165, 1.54) is 12.8 Å². The van der Waals surface area contributed by atoms with Gasteiger partial charge in [-0.2, -0.15) is 5.26 Å². The van der Waals surface area contributed by atoms with Gasteiger partial charge >= 0.3 is 0 Å². The molecule has 1 aromatic rings. The number of nitriles is 1. The highest BCUT2D eigenvalue weighted by atomic mass is 15.1. The van der Waals surface area contributed by atoms with Gasteiger partial charge in [0.1, 0.15) is 5.54 Å². The molecule has 0 radical (unpaired) electrons. The normalized spacial score (nSPS) is 14.1. The van der Waals surface area contributed by atoms with Crippen molar-refractivity contribution < 1.29 is 0 Å². The van der Waals surface area contributed by atoms with Crippen LogP contribution in [0.1, 0.15) is 31.7 Å². The minimum absolute atomic E-state index is 0.582. The predicted molar refractivity (Wildman–Crippen MR) is 79.8 cm³/mol. The molecule has 0 aliphatic rings. The Morgan fingerprint density at radius 1 is 1.26 bits per heavy atom. The number of rotatable bonds is 8. The number of nitrogens with one attached hydrogen (secondary N) is 1. The van der Waals surface area contributed by atoms with E-state index in [4.69, 9.17) is 0 Å².